The molecule has 0 saturated heterocycles. The minimum atomic E-state index is 0.0836. The van der Waals surface area contributed by atoms with E-state index < -0.39 is 0 Å². The third kappa shape index (κ3) is 7.43. The van der Waals surface area contributed by atoms with Crippen molar-refractivity contribution in [3.63, 3.8) is 0 Å². The van der Waals surface area contributed by atoms with E-state index in [0.717, 1.165) is 31.1 Å². The molecule has 2 aromatic carbocycles. The molecule has 0 unspecified atom stereocenters. The fourth-order valence-electron chi connectivity index (χ4n) is 3.55. The van der Waals surface area contributed by atoms with Gasteiger partial charge in [0, 0.05) is 23.7 Å². The quantitative estimate of drug-likeness (QED) is 0.340. The van der Waals surface area contributed by atoms with E-state index in [1.54, 1.807) is 6.07 Å². The Morgan fingerprint density at radius 3 is 1.83 bits per heavy atom. The minimum Gasteiger partial charge on any atom is -0.490 e. The lowest BCUT2D eigenvalue weighted by atomic mass is 10.1. The lowest BCUT2D eigenvalue weighted by Gasteiger charge is -2.23. The number of nitrogen functional groups attached to an aromatic ring is 1. The Kier molecular flexibility index (Phi) is 12.0. The molecule has 0 radical (unpaired) electrons. The molecular formula is C26H34ClN5O2S. The number of para-hydroxylation sites is 1. The Bertz CT molecular complexity index is 1060. The van der Waals surface area contributed by atoms with Crippen LogP contribution in [0.3, 0.4) is 0 Å². The van der Waals surface area contributed by atoms with E-state index in [4.69, 9.17) is 26.8 Å². The van der Waals surface area contributed by atoms with Crippen LogP contribution in [0.2, 0.25) is 5.02 Å². The van der Waals surface area contributed by atoms with Crippen molar-refractivity contribution in [3.8, 4) is 23.6 Å². The second-order valence-electron chi connectivity index (χ2n) is 7.67. The largest absolute Gasteiger partial charge is 0.490 e. The van der Waals surface area contributed by atoms with Gasteiger partial charge in [-0.2, -0.15) is 10.5 Å². The number of hydrogen-bond donors (Lipinski definition) is 1. The first kappa shape index (κ1) is 28.6. The predicted molar refractivity (Wildman–Crippen MR) is 142 cm³/mol. The van der Waals surface area contributed by atoms with Gasteiger partial charge in [0.05, 0.1) is 4.90 Å². The van der Waals surface area contributed by atoms with Crippen molar-refractivity contribution in [1.82, 2.24) is 9.80 Å². The summed E-state index contributed by atoms with van der Waals surface area (Å²) in [5.41, 5.74) is 6.97. The highest BCUT2D eigenvalue weighted by molar-refractivity contribution is 7.99. The van der Waals surface area contributed by atoms with E-state index in [0.29, 0.717) is 36.9 Å². The summed E-state index contributed by atoms with van der Waals surface area (Å²) in [6, 6.07) is 11.7. The van der Waals surface area contributed by atoms with Crippen LogP contribution in [0, 0.1) is 22.7 Å². The molecule has 0 aliphatic rings. The summed E-state index contributed by atoms with van der Waals surface area (Å²) >= 11 is 8.16. The molecule has 2 N–H and O–H groups in total. The number of ether oxygens (including phenoxy) is 2. The number of rotatable bonds is 14. The molecule has 0 spiro atoms. The van der Waals surface area contributed by atoms with Crippen molar-refractivity contribution in [1.29, 1.82) is 10.5 Å². The average molecular weight is 516 g/mol. The molecule has 2 aromatic rings. The number of anilines is 1. The van der Waals surface area contributed by atoms with Crippen LogP contribution in [-0.2, 0) is 0 Å². The summed E-state index contributed by atoms with van der Waals surface area (Å²) in [7, 11) is 0. The van der Waals surface area contributed by atoms with Crippen LogP contribution in [0.15, 0.2) is 34.1 Å². The van der Waals surface area contributed by atoms with Crippen LogP contribution in [0.4, 0.5) is 5.69 Å². The zero-order chi connectivity index (χ0) is 25.8. The molecule has 0 aliphatic heterocycles. The molecule has 35 heavy (non-hydrogen) atoms. The number of halogens is 1. The van der Waals surface area contributed by atoms with Crippen LogP contribution in [0.1, 0.15) is 38.8 Å². The lowest BCUT2D eigenvalue weighted by molar-refractivity contribution is 0.216. The van der Waals surface area contributed by atoms with Crippen LogP contribution < -0.4 is 15.2 Å². The normalized spacial score (nSPS) is 10.9. The van der Waals surface area contributed by atoms with Crippen LogP contribution in [0.25, 0.3) is 0 Å². The van der Waals surface area contributed by atoms with E-state index in [9.17, 15) is 10.5 Å². The smallest absolute Gasteiger partial charge is 0.158 e. The molecule has 0 atom stereocenters. The zero-order valence-electron chi connectivity index (χ0n) is 20.9. The second-order valence-corrected chi connectivity index (χ2v) is 9.10. The van der Waals surface area contributed by atoms with Crippen molar-refractivity contribution in [3.05, 3.63) is 40.4 Å². The third-order valence-electron chi connectivity index (χ3n) is 5.76. The van der Waals surface area contributed by atoms with Crippen LogP contribution in [-0.4, -0.2) is 62.3 Å². The molecule has 0 amide bonds. The number of nitrogens with two attached hydrogens (primary N) is 1. The maximum absolute atomic E-state index is 10.0. The van der Waals surface area contributed by atoms with Crippen molar-refractivity contribution >= 4 is 29.1 Å². The first-order valence-corrected chi connectivity index (χ1v) is 13.1. The van der Waals surface area contributed by atoms with Gasteiger partial charge in [-0.25, -0.2) is 0 Å². The van der Waals surface area contributed by atoms with Gasteiger partial charge in [-0.3, -0.25) is 0 Å². The Morgan fingerprint density at radius 2 is 1.34 bits per heavy atom. The van der Waals surface area contributed by atoms with Gasteiger partial charge in [0.15, 0.2) is 11.5 Å². The highest BCUT2D eigenvalue weighted by Gasteiger charge is 2.27. The Labute approximate surface area is 218 Å². The molecule has 2 rings (SSSR count). The summed E-state index contributed by atoms with van der Waals surface area (Å²) < 4.78 is 12.2. The highest BCUT2D eigenvalue weighted by atomic mass is 35.5. The Balaban J connectivity index is 2.55. The van der Waals surface area contributed by atoms with Gasteiger partial charge in [-0.1, -0.05) is 63.2 Å². The number of benzene rings is 2. The molecule has 188 valence electrons. The van der Waals surface area contributed by atoms with E-state index in [1.165, 1.54) is 11.8 Å². The van der Waals surface area contributed by atoms with Crippen molar-refractivity contribution in [2.45, 2.75) is 37.5 Å². The Hall–Kier alpha value is -2.62. The molecule has 0 bridgehead atoms. The average Bonchev–Trinajstić information content (AvgIpc) is 2.88. The van der Waals surface area contributed by atoms with E-state index in [2.05, 4.69) is 49.6 Å². The maximum atomic E-state index is 10.0. The fraction of sp³-hybridized carbons (Fsp3) is 0.462. The first-order chi connectivity index (χ1) is 16.9. The summed E-state index contributed by atoms with van der Waals surface area (Å²) in [4.78, 5) is 5.70. The van der Waals surface area contributed by atoms with E-state index in [1.807, 2.05) is 18.2 Å². The third-order valence-corrected chi connectivity index (χ3v) is 7.42. The van der Waals surface area contributed by atoms with Gasteiger partial charge in [-0.15, -0.1) is 0 Å². The minimum absolute atomic E-state index is 0.0836. The number of likely N-dealkylation sites (N-methyl/N-ethyl adjacent to an activating group) is 2. The van der Waals surface area contributed by atoms with Gasteiger partial charge in [0.25, 0.3) is 0 Å². The molecular weight excluding hydrogens is 482 g/mol. The molecule has 0 aromatic heterocycles. The van der Waals surface area contributed by atoms with Gasteiger partial charge in [-0.05, 0) is 38.3 Å². The standard InChI is InChI=1S/C26H34ClN5O2S/c1-5-31(6-2)13-15-33-24-19(17-28)20(18-29)25(34-16-14-32(7-3)8-4)26(23(24)27)35-22-12-10-9-11-21(22)30/h9-12H,5-8,13-16,30H2,1-4H3. The van der Waals surface area contributed by atoms with E-state index in [-0.39, 0.29) is 27.6 Å². The van der Waals surface area contributed by atoms with E-state index >= 15 is 0 Å². The van der Waals surface area contributed by atoms with Crippen molar-refractivity contribution in [2.24, 2.45) is 0 Å². The van der Waals surface area contributed by atoms with Crippen LogP contribution >= 0.6 is 23.4 Å². The molecule has 7 nitrogen and oxygen atoms in total. The zero-order valence-corrected chi connectivity index (χ0v) is 22.5. The second kappa shape index (κ2) is 14.7. The fourth-order valence-corrected chi connectivity index (χ4v) is 4.89. The van der Waals surface area contributed by atoms with Crippen molar-refractivity contribution < 1.29 is 9.47 Å². The SMILES string of the molecule is CCN(CC)CCOc1c(Cl)c(Sc2ccccc2N)c(OCCN(CC)CC)c(C#N)c1C#N. The molecule has 0 fully saturated rings. The van der Waals surface area contributed by atoms with Gasteiger partial charge in [0.2, 0.25) is 0 Å². The van der Waals surface area contributed by atoms with Gasteiger partial charge >= 0.3 is 0 Å². The summed E-state index contributed by atoms with van der Waals surface area (Å²) in [6.07, 6.45) is 0. The summed E-state index contributed by atoms with van der Waals surface area (Å²) in [5.74, 6) is 0.483. The predicted octanol–water partition coefficient (Wildman–Crippen LogP) is 5.26. The highest BCUT2D eigenvalue weighted by Crippen LogP contribution is 2.49. The molecule has 0 saturated carbocycles. The maximum Gasteiger partial charge on any atom is 0.158 e. The van der Waals surface area contributed by atoms with Gasteiger partial charge < -0.3 is 25.0 Å². The number of nitriles is 2. The van der Waals surface area contributed by atoms with Crippen LogP contribution in [0.5, 0.6) is 11.5 Å². The first-order valence-electron chi connectivity index (χ1n) is 11.9. The van der Waals surface area contributed by atoms with Gasteiger partial charge in [0.1, 0.15) is 41.5 Å². The van der Waals surface area contributed by atoms with Crippen molar-refractivity contribution in [2.75, 3.05) is 58.2 Å². The molecule has 0 aliphatic carbocycles. The Morgan fingerprint density at radius 1 is 0.857 bits per heavy atom. The summed E-state index contributed by atoms with van der Waals surface area (Å²) in [6.45, 7) is 13.9. The monoisotopic (exact) mass is 515 g/mol. The lowest BCUT2D eigenvalue weighted by Crippen LogP contribution is -2.28. The summed E-state index contributed by atoms with van der Waals surface area (Å²) in [5, 5.41) is 20.2. The molecule has 0 heterocycles. The topological polar surface area (TPSA) is 98.5 Å². The number of hydrogen-bond acceptors (Lipinski definition) is 8. The number of nitrogens with zero attached hydrogens (tertiary/aromatic N) is 4. The molecule has 9 heteroatoms.